The van der Waals surface area contributed by atoms with Crippen LogP contribution in [0.15, 0.2) is 30.3 Å². The topological polar surface area (TPSA) is 121 Å². The van der Waals surface area contributed by atoms with Gasteiger partial charge in [0.1, 0.15) is 5.75 Å². The van der Waals surface area contributed by atoms with Gasteiger partial charge in [-0.25, -0.2) is 13.8 Å². The van der Waals surface area contributed by atoms with E-state index < -0.39 is 23.0 Å². The standard InChI is InChI=1S/C23H26O7S/c1-14-9-18(20(23(26)27)11-17(14)22(24)25)19-10-16(13-31(28)29)7-8-21(19)30-12-15-5-3-2-4-6-15/h7-11,15H,2-6,12-13H2,1H3,(H,24,25)(H,26,27)(H,28,29). The van der Waals surface area contributed by atoms with Crippen molar-refractivity contribution in [1.29, 1.82) is 0 Å². The van der Waals surface area contributed by atoms with E-state index in [1.807, 2.05) is 0 Å². The van der Waals surface area contributed by atoms with E-state index >= 15 is 0 Å². The summed E-state index contributed by atoms with van der Waals surface area (Å²) in [7, 11) is 0. The van der Waals surface area contributed by atoms with Crippen molar-refractivity contribution < 1.29 is 33.3 Å². The minimum atomic E-state index is -2.06. The van der Waals surface area contributed by atoms with Gasteiger partial charge in [0.25, 0.3) is 0 Å². The van der Waals surface area contributed by atoms with Crippen LogP contribution < -0.4 is 4.74 Å². The van der Waals surface area contributed by atoms with Gasteiger partial charge in [0, 0.05) is 11.1 Å². The number of rotatable bonds is 8. The summed E-state index contributed by atoms with van der Waals surface area (Å²) in [6.45, 7) is 2.11. The van der Waals surface area contributed by atoms with Crippen LogP contribution in [0.3, 0.4) is 0 Å². The Balaban J connectivity index is 2.07. The Morgan fingerprint density at radius 3 is 2.29 bits per heavy atom. The summed E-state index contributed by atoms with van der Waals surface area (Å²) in [6, 6.07) is 7.69. The SMILES string of the molecule is Cc1cc(-c2cc(CS(=O)O)ccc2OCC2CCCCC2)c(C(=O)O)cc1C(=O)O. The number of aromatic carboxylic acids is 2. The predicted molar refractivity (Wildman–Crippen MR) is 117 cm³/mol. The monoisotopic (exact) mass is 446 g/mol. The van der Waals surface area contributed by atoms with Gasteiger partial charge in [-0.2, -0.15) is 0 Å². The van der Waals surface area contributed by atoms with Gasteiger partial charge in [0.2, 0.25) is 0 Å². The van der Waals surface area contributed by atoms with Crippen molar-refractivity contribution >= 4 is 23.0 Å². The molecule has 0 bridgehead atoms. The van der Waals surface area contributed by atoms with E-state index in [0.29, 0.717) is 40.5 Å². The zero-order valence-corrected chi connectivity index (χ0v) is 18.1. The van der Waals surface area contributed by atoms with Crippen LogP contribution in [0.25, 0.3) is 11.1 Å². The molecule has 0 heterocycles. The van der Waals surface area contributed by atoms with Crippen LogP contribution in [0.4, 0.5) is 0 Å². The molecule has 7 nitrogen and oxygen atoms in total. The van der Waals surface area contributed by atoms with Crippen molar-refractivity contribution in [1.82, 2.24) is 0 Å². The Hall–Kier alpha value is -2.71. The zero-order valence-electron chi connectivity index (χ0n) is 17.3. The summed E-state index contributed by atoms with van der Waals surface area (Å²) in [5.41, 5.74) is 1.51. The van der Waals surface area contributed by atoms with Crippen molar-refractivity contribution in [2.45, 2.75) is 44.8 Å². The molecular formula is C23H26O7S. The average Bonchev–Trinajstić information content (AvgIpc) is 2.72. The van der Waals surface area contributed by atoms with Crippen LogP contribution in [0.5, 0.6) is 5.75 Å². The first-order valence-corrected chi connectivity index (χ1v) is 11.5. The van der Waals surface area contributed by atoms with Crippen molar-refractivity contribution in [2.24, 2.45) is 5.92 Å². The van der Waals surface area contributed by atoms with Gasteiger partial charge >= 0.3 is 11.9 Å². The molecule has 3 rings (SSSR count). The van der Waals surface area contributed by atoms with Gasteiger partial charge in [0.05, 0.1) is 23.5 Å². The molecule has 3 N–H and O–H groups in total. The zero-order chi connectivity index (χ0) is 22.5. The van der Waals surface area contributed by atoms with Gasteiger partial charge in [0.15, 0.2) is 11.1 Å². The highest BCUT2D eigenvalue weighted by atomic mass is 32.2. The molecule has 2 aromatic carbocycles. The summed E-state index contributed by atoms with van der Waals surface area (Å²) >= 11 is -2.06. The van der Waals surface area contributed by atoms with E-state index in [1.54, 1.807) is 25.1 Å². The van der Waals surface area contributed by atoms with Gasteiger partial charge in [-0.05, 0) is 61.1 Å². The fourth-order valence-electron chi connectivity index (χ4n) is 4.05. The lowest BCUT2D eigenvalue weighted by Gasteiger charge is -2.23. The molecule has 0 aromatic heterocycles. The lowest BCUT2D eigenvalue weighted by atomic mass is 9.90. The van der Waals surface area contributed by atoms with Crippen LogP contribution in [0.2, 0.25) is 0 Å². The third-order valence-corrected chi connectivity index (χ3v) is 6.23. The van der Waals surface area contributed by atoms with Gasteiger partial charge in [-0.3, -0.25) is 0 Å². The molecule has 1 aliphatic rings. The molecule has 1 atom stereocenters. The third-order valence-electron chi connectivity index (χ3n) is 5.65. The average molecular weight is 447 g/mol. The molecule has 2 aromatic rings. The fraction of sp³-hybridized carbons (Fsp3) is 0.391. The van der Waals surface area contributed by atoms with Gasteiger partial charge < -0.3 is 19.5 Å². The Kier molecular flexibility index (Phi) is 7.46. The molecule has 31 heavy (non-hydrogen) atoms. The van der Waals surface area contributed by atoms with Crippen LogP contribution in [0, 0.1) is 12.8 Å². The molecule has 1 fully saturated rings. The molecule has 0 amide bonds. The first kappa shape index (κ1) is 23.0. The smallest absolute Gasteiger partial charge is 0.336 e. The summed E-state index contributed by atoms with van der Waals surface area (Å²) in [5, 5.41) is 19.1. The second kappa shape index (κ2) is 10.1. The molecule has 0 saturated heterocycles. The molecule has 0 radical (unpaired) electrons. The van der Waals surface area contributed by atoms with E-state index in [0.717, 1.165) is 18.9 Å². The Labute approximate surface area is 183 Å². The second-order valence-corrected chi connectivity index (χ2v) is 8.87. The van der Waals surface area contributed by atoms with Crippen LogP contribution >= 0.6 is 0 Å². The number of ether oxygens (including phenoxy) is 1. The minimum absolute atomic E-state index is 0.0848. The van der Waals surface area contributed by atoms with E-state index in [9.17, 15) is 28.6 Å². The Bertz CT molecular complexity index is 1010. The molecule has 8 heteroatoms. The summed E-state index contributed by atoms with van der Waals surface area (Å²) in [6.07, 6.45) is 5.74. The maximum atomic E-state index is 11.9. The second-order valence-electron chi connectivity index (χ2n) is 7.93. The maximum absolute atomic E-state index is 11.9. The van der Waals surface area contributed by atoms with E-state index in [4.69, 9.17) is 4.74 Å². The van der Waals surface area contributed by atoms with Crippen molar-refractivity contribution in [3.8, 4) is 16.9 Å². The first-order valence-electron chi connectivity index (χ1n) is 10.2. The highest BCUT2D eigenvalue weighted by molar-refractivity contribution is 7.78. The quantitative estimate of drug-likeness (QED) is 0.501. The Morgan fingerprint density at radius 1 is 1.00 bits per heavy atom. The number of carbonyl (C=O) groups is 2. The summed E-state index contributed by atoms with van der Waals surface area (Å²) in [4.78, 5) is 23.4. The summed E-state index contributed by atoms with van der Waals surface area (Å²) < 4.78 is 26.7. The fourth-order valence-corrected chi connectivity index (χ4v) is 4.51. The molecule has 0 aliphatic heterocycles. The first-order chi connectivity index (χ1) is 14.8. The molecule has 1 saturated carbocycles. The number of hydrogen-bond donors (Lipinski definition) is 3. The number of aryl methyl sites for hydroxylation is 1. The van der Waals surface area contributed by atoms with Crippen LogP contribution in [-0.4, -0.2) is 37.5 Å². The van der Waals surface area contributed by atoms with Crippen LogP contribution in [-0.2, 0) is 16.8 Å². The Morgan fingerprint density at radius 2 is 1.68 bits per heavy atom. The van der Waals surface area contributed by atoms with Crippen molar-refractivity contribution in [2.75, 3.05) is 6.61 Å². The lowest BCUT2D eigenvalue weighted by Crippen LogP contribution is -2.16. The van der Waals surface area contributed by atoms with Crippen molar-refractivity contribution in [3.63, 3.8) is 0 Å². The maximum Gasteiger partial charge on any atom is 0.336 e. The van der Waals surface area contributed by atoms with Gasteiger partial charge in [-0.15, -0.1) is 0 Å². The summed E-state index contributed by atoms with van der Waals surface area (Å²) in [5.74, 6) is -1.66. The van der Waals surface area contributed by atoms with E-state index in [2.05, 4.69) is 0 Å². The number of hydrogen-bond acceptors (Lipinski definition) is 4. The normalized spacial score (nSPS) is 15.4. The van der Waals surface area contributed by atoms with Gasteiger partial charge in [-0.1, -0.05) is 25.3 Å². The van der Waals surface area contributed by atoms with E-state index in [-0.39, 0.29) is 16.9 Å². The number of benzene rings is 2. The molecule has 166 valence electrons. The van der Waals surface area contributed by atoms with Crippen LogP contribution in [0.1, 0.15) is 63.9 Å². The van der Waals surface area contributed by atoms with Crippen molar-refractivity contribution in [3.05, 3.63) is 52.6 Å². The molecular weight excluding hydrogens is 420 g/mol. The third kappa shape index (κ3) is 5.71. The largest absolute Gasteiger partial charge is 0.493 e. The number of carboxylic acids is 2. The molecule has 1 aliphatic carbocycles. The van der Waals surface area contributed by atoms with E-state index in [1.165, 1.54) is 25.3 Å². The molecule has 1 unspecified atom stereocenters. The molecule has 0 spiro atoms. The lowest BCUT2D eigenvalue weighted by molar-refractivity contribution is 0.0695. The highest BCUT2D eigenvalue weighted by Crippen LogP contribution is 2.36. The number of carboxylic acid groups (broad SMARTS) is 2. The highest BCUT2D eigenvalue weighted by Gasteiger charge is 2.22. The predicted octanol–water partition coefficient (Wildman–Crippen LogP) is 4.74. The minimum Gasteiger partial charge on any atom is -0.493 e.